The number of rotatable bonds is 4. The Bertz CT molecular complexity index is 516. The zero-order chi connectivity index (χ0) is 12.4. The summed E-state index contributed by atoms with van der Waals surface area (Å²) >= 11 is 1.57. The molecule has 0 aliphatic carbocycles. The maximum absolute atomic E-state index is 4.47. The lowest BCUT2D eigenvalue weighted by molar-refractivity contribution is 0.328. The molecule has 1 aliphatic heterocycles. The summed E-state index contributed by atoms with van der Waals surface area (Å²) in [5.74, 6) is 0. The van der Waals surface area contributed by atoms with Gasteiger partial charge in [-0.05, 0) is 56.5 Å². The summed E-state index contributed by atoms with van der Waals surface area (Å²) in [6.45, 7) is 5.91. The van der Waals surface area contributed by atoms with E-state index in [2.05, 4.69) is 39.7 Å². The van der Waals surface area contributed by atoms with Crippen LogP contribution in [-0.2, 0) is 0 Å². The van der Waals surface area contributed by atoms with Crippen molar-refractivity contribution in [3.8, 4) is 0 Å². The summed E-state index contributed by atoms with van der Waals surface area (Å²) < 4.78 is 4.47. The molecule has 0 radical (unpaired) electrons. The first kappa shape index (κ1) is 11.9. The highest BCUT2D eigenvalue weighted by Crippen LogP contribution is 2.27. The number of nitrogens with one attached hydrogen (secondary N) is 1. The Hall–Kier alpha value is -1.13. The van der Waals surface area contributed by atoms with Crippen molar-refractivity contribution in [1.29, 1.82) is 0 Å². The molecule has 0 amide bonds. The minimum absolute atomic E-state index is 0.479. The van der Waals surface area contributed by atoms with E-state index in [4.69, 9.17) is 0 Å². The topological polar surface area (TPSA) is 28.2 Å². The van der Waals surface area contributed by atoms with Gasteiger partial charge >= 0.3 is 0 Å². The largest absolute Gasteiger partial charge is 0.371 e. The summed E-state index contributed by atoms with van der Waals surface area (Å²) in [5, 5.41) is 6.06. The molecule has 1 fully saturated rings. The minimum Gasteiger partial charge on any atom is -0.371 e. The van der Waals surface area contributed by atoms with Crippen molar-refractivity contribution in [3.63, 3.8) is 0 Å². The lowest BCUT2D eigenvalue weighted by Crippen LogP contribution is -2.32. The Morgan fingerprint density at radius 1 is 1.33 bits per heavy atom. The van der Waals surface area contributed by atoms with Crippen LogP contribution >= 0.6 is 11.5 Å². The predicted octanol–water partition coefficient (Wildman–Crippen LogP) is 3.19. The molecule has 0 saturated carbocycles. The lowest BCUT2D eigenvalue weighted by atomic mass is 10.2. The molecule has 2 heterocycles. The highest BCUT2D eigenvalue weighted by molar-refractivity contribution is 7.11. The van der Waals surface area contributed by atoms with Crippen LogP contribution in [0.1, 0.15) is 19.8 Å². The van der Waals surface area contributed by atoms with E-state index in [9.17, 15) is 0 Å². The molecule has 1 aliphatic rings. The zero-order valence-electron chi connectivity index (χ0n) is 10.7. The fourth-order valence-corrected chi connectivity index (χ4v) is 3.49. The van der Waals surface area contributed by atoms with Crippen LogP contribution in [0.25, 0.3) is 10.9 Å². The summed E-state index contributed by atoms with van der Waals surface area (Å²) in [6, 6.07) is 8.81. The van der Waals surface area contributed by atoms with Gasteiger partial charge in [0.1, 0.15) is 5.00 Å². The van der Waals surface area contributed by atoms with Crippen molar-refractivity contribution in [1.82, 2.24) is 9.27 Å². The van der Waals surface area contributed by atoms with Crippen LogP contribution in [0.2, 0.25) is 0 Å². The second kappa shape index (κ2) is 5.24. The van der Waals surface area contributed by atoms with Gasteiger partial charge in [-0.25, -0.2) is 0 Å². The van der Waals surface area contributed by atoms with E-state index in [0.29, 0.717) is 6.04 Å². The van der Waals surface area contributed by atoms with Crippen LogP contribution in [0.5, 0.6) is 0 Å². The fraction of sp³-hybridized carbons (Fsp3) is 0.500. The number of benzene rings is 1. The highest BCUT2D eigenvalue weighted by atomic mass is 32.1. The van der Waals surface area contributed by atoms with Crippen LogP contribution in [0.15, 0.2) is 24.3 Å². The first-order valence-corrected chi connectivity index (χ1v) is 7.43. The molecule has 3 nitrogen and oxygen atoms in total. The van der Waals surface area contributed by atoms with Crippen LogP contribution < -0.4 is 5.32 Å². The SMILES string of the molecule is CC(CN1CCCC1)Nc1snc2ccccc12. The molecular weight excluding hydrogens is 242 g/mol. The molecule has 18 heavy (non-hydrogen) atoms. The van der Waals surface area contributed by atoms with Gasteiger partial charge in [0.2, 0.25) is 0 Å². The maximum atomic E-state index is 4.47. The molecule has 1 N–H and O–H groups in total. The molecule has 4 heteroatoms. The smallest absolute Gasteiger partial charge is 0.117 e. The summed E-state index contributed by atoms with van der Waals surface area (Å²) in [7, 11) is 0. The molecule has 1 aromatic heterocycles. The third kappa shape index (κ3) is 2.49. The Morgan fingerprint density at radius 2 is 2.11 bits per heavy atom. The van der Waals surface area contributed by atoms with Crippen molar-refractivity contribution in [3.05, 3.63) is 24.3 Å². The van der Waals surface area contributed by atoms with E-state index in [1.807, 2.05) is 6.07 Å². The molecule has 1 aromatic carbocycles. The van der Waals surface area contributed by atoms with Gasteiger partial charge in [-0.3, -0.25) is 0 Å². The van der Waals surface area contributed by atoms with Gasteiger partial charge < -0.3 is 10.2 Å². The van der Waals surface area contributed by atoms with Crippen molar-refractivity contribution in [2.24, 2.45) is 0 Å². The van der Waals surface area contributed by atoms with E-state index in [0.717, 1.165) is 12.1 Å². The Labute approximate surface area is 112 Å². The van der Waals surface area contributed by atoms with E-state index < -0.39 is 0 Å². The van der Waals surface area contributed by atoms with Gasteiger partial charge in [-0.1, -0.05) is 12.1 Å². The van der Waals surface area contributed by atoms with E-state index in [1.54, 1.807) is 11.5 Å². The monoisotopic (exact) mass is 261 g/mol. The molecular formula is C14H19N3S. The van der Waals surface area contributed by atoms with E-state index in [-0.39, 0.29) is 0 Å². The van der Waals surface area contributed by atoms with Gasteiger partial charge in [0.05, 0.1) is 5.52 Å². The Morgan fingerprint density at radius 3 is 2.94 bits per heavy atom. The number of hydrogen-bond donors (Lipinski definition) is 1. The molecule has 1 unspecified atom stereocenters. The molecule has 1 atom stereocenters. The summed E-state index contributed by atoms with van der Waals surface area (Å²) in [6.07, 6.45) is 2.71. The molecule has 2 aromatic rings. The molecule has 96 valence electrons. The summed E-state index contributed by atoms with van der Waals surface area (Å²) in [4.78, 5) is 2.54. The molecule has 3 rings (SSSR count). The average Bonchev–Trinajstić information content (AvgIpc) is 3.00. The Balaban J connectivity index is 1.67. The normalized spacial score (nSPS) is 18.3. The number of likely N-dealkylation sites (tertiary alicyclic amines) is 1. The quantitative estimate of drug-likeness (QED) is 0.916. The third-order valence-electron chi connectivity index (χ3n) is 3.49. The lowest BCUT2D eigenvalue weighted by Gasteiger charge is -2.21. The highest BCUT2D eigenvalue weighted by Gasteiger charge is 2.15. The van der Waals surface area contributed by atoms with Crippen molar-refractivity contribution in [2.75, 3.05) is 25.0 Å². The third-order valence-corrected chi connectivity index (χ3v) is 4.30. The second-order valence-electron chi connectivity index (χ2n) is 5.08. The van der Waals surface area contributed by atoms with Crippen LogP contribution in [0, 0.1) is 0 Å². The predicted molar refractivity (Wildman–Crippen MR) is 78.4 cm³/mol. The van der Waals surface area contributed by atoms with Crippen molar-refractivity contribution >= 4 is 27.4 Å². The van der Waals surface area contributed by atoms with E-state index in [1.165, 1.54) is 36.3 Å². The molecule has 1 saturated heterocycles. The van der Waals surface area contributed by atoms with Crippen LogP contribution in [0.3, 0.4) is 0 Å². The zero-order valence-corrected chi connectivity index (χ0v) is 11.5. The van der Waals surface area contributed by atoms with Gasteiger partial charge in [-0.15, -0.1) is 0 Å². The standard InChI is InChI=1S/C14H19N3S/c1-11(10-17-8-4-5-9-17)15-14-12-6-2-3-7-13(12)16-18-14/h2-3,6-7,11,15H,4-5,8-10H2,1H3. The second-order valence-corrected chi connectivity index (χ2v) is 5.86. The Kier molecular flexibility index (Phi) is 3.48. The average molecular weight is 261 g/mol. The molecule has 0 spiro atoms. The van der Waals surface area contributed by atoms with Gasteiger partial charge in [0, 0.05) is 18.0 Å². The number of anilines is 1. The number of aromatic nitrogens is 1. The van der Waals surface area contributed by atoms with E-state index >= 15 is 0 Å². The van der Waals surface area contributed by atoms with Crippen molar-refractivity contribution < 1.29 is 0 Å². The van der Waals surface area contributed by atoms with Gasteiger partial charge in [-0.2, -0.15) is 4.37 Å². The van der Waals surface area contributed by atoms with Crippen LogP contribution in [0.4, 0.5) is 5.00 Å². The van der Waals surface area contributed by atoms with Crippen molar-refractivity contribution in [2.45, 2.75) is 25.8 Å². The fourth-order valence-electron chi connectivity index (χ4n) is 2.62. The number of hydrogen-bond acceptors (Lipinski definition) is 4. The molecule has 0 bridgehead atoms. The maximum Gasteiger partial charge on any atom is 0.117 e. The van der Waals surface area contributed by atoms with Gasteiger partial charge in [0.25, 0.3) is 0 Å². The van der Waals surface area contributed by atoms with Crippen LogP contribution in [-0.4, -0.2) is 34.9 Å². The first-order valence-electron chi connectivity index (χ1n) is 6.66. The number of fused-ring (bicyclic) bond motifs is 1. The first-order chi connectivity index (χ1) is 8.83. The number of nitrogens with zero attached hydrogens (tertiary/aromatic N) is 2. The van der Waals surface area contributed by atoms with Gasteiger partial charge in [0.15, 0.2) is 0 Å². The summed E-state index contributed by atoms with van der Waals surface area (Å²) in [5.41, 5.74) is 1.10. The minimum atomic E-state index is 0.479.